The van der Waals surface area contributed by atoms with E-state index >= 15 is 0 Å². The molecule has 0 fully saturated rings. The fourth-order valence-corrected chi connectivity index (χ4v) is 2.86. The van der Waals surface area contributed by atoms with E-state index in [0.717, 1.165) is 0 Å². The van der Waals surface area contributed by atoms with Crippen molar-refractivity contribution in [3.8, 4) is 0 Å². The minimum absolute atomic E-state index is 0.211. The lowest BCUT2D eigenvalue weighted by Gasteiger charge is -2.28. The third kappa shape index (κ3) is 5.56. The second kappa shape index (κ2) is 8.63. The standard InChI is InChI=1S/C16H29ClN2/c1-4-6-8-10-12-16(3,11-9-7-5-2)14-13-18-15(17)19-14/h13H,4-12H2,1-3H3,(H,18,19). The van der Waals surface area contributed by atoms with E-state index in [0.29, 0.717) is 5.28 Å². The summed E-state index contributed by atoms with van der Waals surface area (Å²) in [6.07, 6.45) is 13.5. The lowest BCUT2D eigenvalue weighted by molar-refractivity contribution is 0.358. The van der Waals surface area contributed by atoms with E-state index in [1.165, 1.54) is 63.5 Å². The maximum Gasteiger partial charge on any atom is 0.200 e. The first-order valence-electron chi connectivity index (χ1n) is 7.83. The van der Waals surface area contributed by atoms with Gasteiger partial charge in [0.25, 0.3) is 0 Å². The average Bonchev–Trinajstić information content (AvgIpc) is 2.82. The van der Waals surface area contributed by atoms with Gasteiger partial charge in [-0.3, -0.25) is 0 Å². The minimum atomic E-state index is 0.211. The van der Waals surface area contributed by atoms with Crippen LogP contribution in [0.15, 0.2) is 6.20 Å². The molecule has 1 aromatic heterocycles. The van der Waals surface area contributed by atoms with Crippen molar-refractivity contribution in [3.05, 3.63) is 17.2 Å². The van der Waals surface area contributed by atoms with Crippen LogP contribution in [0.25, 0.3) is 0 Å². The Bertz CT molecular complexity index is 348. The molecule has 0 spiro atoms. The second-order valence-electron chi connectivity index (χ2n) is 5.92. The summed E-state index contributed by atoms with van der Waals surface area (Å²) in [6.45, 7) is 6.87. The molecule has 1 atom stereocenters. The van der Waals surface area contributed by atoms with Gasteiger partial charge in [0, 0.05) is 11.1 Å². The molecule has 1 heterocycles. The number of hydrogen-bond donors (Lipinski definition) is 1. The first kappa shape index (κ1) is 16.6. The average molecular weight is 285 g/mol. The van der Waals surface area contributed by atoms with Crippen molar-refractivity contribution in [2.45, 2.75) is 84.0 Å². The highest BCUT2D eigenvalue weighted by atomic mass is 35.5. The molecule has 110 valence electrons. The highest BCUT2D eigenvalue weighted by molar-refractivity contribution is 6.28. The molecule has 19 heavy (non-hydrogen) atoms. The van der Waals surface area contributed by atoms with Crippen molar-refractivity contribution in [1.82, 2.24) is 9.97 Å². The third-order valence-corrected chi connectivity index (χ3v) is 4.30. The number of hydrogen-bond acceptors (Lipinski definition) is 1. The number of nitrogens with zero attached hydrogens (tertiary/aromatic N) is 1. The highest BCUT2D eigenvalue weighted by Gasteiger charge is 2.27. The van der Waals surface area contributed by atoms with Gasteiger partial charge < -0.3 is 4.98 Å². The number of aromatic nitrogens is 2. The van der Waals surface area contributed by atoms with Crippen LogP contribution >= 0.6 is 11.6 Å². The van der Waals surface area contributed by atoms with Crippen molar-refractivity contribution < 1.29 is 0 Å². The maximum absolute atomic E-state index is 5.94. The Hall–Kier alpha value is -0.500. The van der Waals surface area contributed by atoms with E-state index in [9.17, 15) is 0 Å². The monoisotopic (exact) mass is 284 g/mol. The molecule has 0 aliphatic heterocycles. The smallest absolute Gasteiger partial charge is 0.200 e. The van der Waals surface area contributed by atoms with E-state index in [4.69, 9.17) is 11.6 Å². The van der Waals surface area contributed by atoms with Crippen LogP contribution < -0.4 is 0 Å². The number of H-pyrrole nitrogens is 1. The van der Waals surface area contributed by atoms with E-state index in [1.807, 2.05) is 6.20 Å². The molecule has 0 saturated carbocycles. The first-order chi connectivity index (χ1) is 9.12. The van der Waals surface area contributed by atoms with Crippen molar-refractivity contribution in [1.29, 1.82) is 0 Å². The van der Waals surface area contributed by atoms with Crippen molar-refractivity contribution in [3.63, 3.8) is 0 Å². The summed E-state index contributed by atoms with van der Waals surface area (Å²) in [4.78, 5) is 7.40. The van der Waals surface area contributed by atoms with Gasteiger partial charge in [0.1, 0.15) is 0 Å². The van der Waals surface area contributed by atoms with Crippen LogP contribution in [0.4, 0.5) is 0 Å². The molecule has 0 amide bonds. The van der Waals surface area contributed by atoms with E-state index in [-0.39, 0.29) is 5.41 Å². The van der Waals surface area contributed by atoms with E-state index in [2.05, 4.69) is 30.7 Å². The number of unbranched alkanes of at least 4 members (excludes halogenated alkanes) is 5. The molecular weight excluding hydrogens is 256 g/mol. The van der Waals surface area contributed by atoms with Gasteiger partial charge in [-0.25, -0.2) is 4.98 Å². The topological polar surface area (TPSA) is 28.7 Å². The van der Waals surface area contributed by atoms with Crippen LogP contribution in [0, 0.1) is 0 Å². The fraction of sp³-hybridized carbons (Fsp3) is 0.812. The SMILES string of the molecule is CCCCCCC(C)(CCCCC)c1cnc(Cl)[nH]1. The molecule has 2 nitrogen and oxygen atoms in total. The number of aromatic amines is 1. The summed E-state index contributed by atoms with van der Waals surface area (Å²) < 4.78 is 0. The summed E-state index contributed by atoms with van der Waals surface area (Å²) >= 11 is 5.94. The van der Waals surface area contributed by atoms with Gasteiger partial charge in [-0.15, -0.1) is 0 Å². The second-order valence-corrected chi connectivity index (χ2v) is 6.27. The zero-order valence-corrected chi connectivity index (χ0v) is 13.5. The predicted molar refractivity (Wildman–Crippen MR) is 83.9 cm³/mol. The van der Waals surface area contributed by atoms with Crippen LogP contribution in [0.5, 0.6) is 0 Å². The van der Waals surface area contributed by atoms with Crippen molar-refractivity contribution in [2.24, 2.45) is 0 Å². The highest BCUT2D eigenvalue weighted by Crippen LogP contribution is 2.34. The van der Waals surface area contributed by atoms with Crippen LogP contribution in [-0.2, 0) is 5.41 Å². The molecule has 0 aliphatic carbocycles. The molecular formula is C16H29ClN2. The molecule has 0 aliphatic rings. The molecule has 3 heteroatoms. The van der Waals surface area contributed by atoms with Gasteiger partial charge in [-0.05, 0) is 24.4 Å². The lowest BCUT2D eigenvalue weighted by Crippen LogP contribution is -2.22. The quantitative estimate of drug-likeness (QED) is 0.535. The predicted octanol–water partition coefficient (Wildman–Crippen LogP) is 5.87. The van der Waals surface area contributed by atoms with E-state index < -0.39 is 0 Å². The van der Waals surface area contributed by atoms with Crippen LogP contribution in [0.1, 0.15) is 84.3 Å². The molecule has 0 bridgehead atoms. The van der Waals surface area contributed by atoms with Gasteiger partial charge in [-0.2, -0.15) is 0 Å². The number of imidazole rings is 1. The Morgan fingerprint density at radius 3 is 2.16 bits per heavy atom. The van der Waals surface area contributed by atoms with Gasteiger partial charge in [0.2, 0.25) is 0 Å². The molecule has 0 saturated heterocycles. The number of halogens is 1. The van der Waals surface area contributed by atoms with Crippen LogP contribution in [-0.4, -0.2) is 9.97 Å². The molecule has 0 radical (unpaired) electrons. The summed E-state index contributed by atoms with van der Waals surface area (Å²) in [7, 11) is 0. The largest absolute Gasteiger partial charge is 0.332 e. The van der Waals surface area contributed by atoms with Gasteiger partial charge in [0.05, 0.1) is 6.20 Å². The van der Waals surface area contributed by atoms with Gasteiger partial charge in [-0.1, -0.05) is 65.7 Å². The lowest BCUT2D eigenvalue weighted by atomic mass is 9.77. The summed E-state index contributed by atoms with van der Waals surface area (Å²) in [6, 6.07) is 0. The Labute approximate surface area is 123 Å². The molecule has 1 rings (SSSR count). The number of nitrogens with one attached hydrogen (secondary N) is 1. The zero-order chi connectivity index (χ0) is 14.1. The van der Waals surface area contributed by atoms with E-state index in [1.54, 1.807) is 0 Å². The minimum Gasteiger partial charge on any atom is -0.332 e. The molecule has 1 unspecified atom stereocenters. The third-order valence-electron chi connectivity index (χ3n) is 4.11. The number of rotatable bonds is 10. The zero-order valence-electron chi connectivity index (χ0n) is 12.8. The van der Waals surface area contributed by atoms with Gasteiger partial charge in [0.15, 0.2) is 5.28 Å². The molecule has 1 aromatic rings. The summed E-state index contributed by atoms with van der Waals surface area (Å²) in [5.41, 5.74) is 1.42. The first-order valence-corrected chi connectivity index (χ1v) is 8.21. The van der Waals surface area contributed by atoms with Crippen molar-refractivity contribution in [2.75, 3.05) is 0 Å². The summed E-state index contributed by atoms with van der Waals surface area (Å²) in [5.74, 6) is 0. The normalized spacial score (nSPS) is 14.5. The Morgan fingerprint density at radius 1 is 1.05 bits per heavy atom. The Balaban J connectivity index is 2.60. The summed E-state index contributed by atoms with van der Waals surface area (Å²) in [5, 5.41) is 0.519. The maximum atomic E-state index is 5.94. The van der Waals surface area contributed by atoms with Crippen LogP contribution in [0.2, 0.25) is 5.28 Å². The Kier molecular flexibility index (Phi) is 7.52. The molecule has 0 aromatic carbocycles. The van der Waals surface area contributed by atoms with Crippen LogP contribution in [0.3, 0.4) is 0 Å². The Morgan fingerprint density at radius 2 is 1.63 bits per heavy atom. The molecule has 1 N–H and O–H groups in total. The van der Waals surface area contributed by atoms with Gasteiger partial charge >= 0.3 is 0 Å². The van der Waals surface area contributed by atoms with Crippen molar-refractivity contribution >= 4 is 11.6 Å². The fourth-order valence-electron chi connectivity index (χ4n) is 2.71.